The van der Waals surface area contributed by atoms with Crippen LogP contribution in [0.4, 0.5) is 0 Å². The Morgan fingerprint density at radius 2 is 2.33 bits per heavy atom. The van der Waals surface area contributed by atoms with Gasteiger partial charge in [-0.05, 0) is 6.42 Å². The van der Waals surface area contributed by atoms with Gasteiger partial charge < -0.3 is 15.0 Å². The van der Waals surface area contributed by atoms with Crippen LogP contribution in [0.2, 0.25) is 0 Å². The summed E-state index contributed by atoms with van der Waals surface area (Å²) < 4.78 is 5.29. The predicted octanol–water partition coefficient (Wildman–Crippen LogP) is 0.655. The van der Waals surface area contributed by atoms with Gasteiger partial charge in [-0.2, -0.15) is 0 Å². The van der Waals surface area contributed by atoms with Gasteiger partial charge in [-0.15, -0.1) is 12.4 Å². The molecular formula is C10H21ClN2O2. The summed E-state index contributed by atoms with van der Waals surface area (Å²) in [6.07, 6.45) is 1.56. The van der Waals surface area contributed by atoms with Crippen molar-refractivity contribution in [3.05, 3.63) is 0 Å². The van der Waals surface area contributed by atoms with E-state index < -0.39 is 0 Å². The number of halogens is 1. The third kappa shape index (κ3) is 5.35. The van der Waals surface area contributed by atoms with Gasteiger partial charge >= 0.3 is 0 Å². The molecule has 5 heteroatoms. The summed E-state index contributed by atoms with van der Waals surface area (Å²) in [6.45, 7) is 5.19. The van der Waals surface area contributed by atoms with Gasteiger partial charge in [-0.25, -0.2) is 0 Å². The van der Waals surface area contributed by atoms with E-state index in [1.54, 1.807) is 4.90 Å². The molecule has 0 spiro atoms. The second-order valence-electron chi connectivity index (χ2n) is 3.75. The molecule has 0 aromatic carbocycles. The molecule has 1 unspecified atom stereocenters. The lowest BCUT2D eigenvalue weighted by molar-refractivity contribution is -0.131. The quantitative estimate of drug-likeness (QED) is 0.780. The molecule has 1 saturated heterocycles. The molecule has 1 heterocycles. The number of carbonyl (C=O) groups excluding carboxylic acids is 1. The van der Waals surface area contributed by atoms with Gasteiger partial charge in [0.05, 0.1) is 13.2 Å². The van der Waals surface area contributed by atoms with E-state index in [0.29, 0.717) is 13.0 Å². The maximum Gasteiger partial charge on any atom is 0.223 e. The van der Waals surface area contributed by atoms with E-state index in [2.05, 4.69) is 12.2 Å². The minimum absolute atomic E-state index is 0. The molecule has 0 aromatic rings. The monoisotopic (exact) mass is 236 g/mol. The zero-order valence-corrected chi connectivity index (χ0v) is 10.3. The van der Waals surface area contributed by atoms with E-state index >= 15 is 0 Å². The molecule has 0 bridgehead atoms. The second-order valence-corrected chi connectivity index (χ2v) is 3.75. The molecule has 1 rings (SSSR count). The van der Waals surface area contributed by atoms with E-state index in [4.69, 9.17) is 4.74 Å². The van der Waals surface area contributed by atoms with Crippen LogP contribution in [0.25, 0.3) is 0 Å². The Morgan fingerprint density at radius 1 is 1.60 bits per heavy atom. The lowest BCUT2D eigenvalue weighted by Crippen LogP contribution is -2.44. The number of nitrogens with one attached hydrogen (secondary N) is 1. The zero-order valence-electron chi connectivity index (χ0n) is 9.49. The van der Waals surface area contributed by atoms with Crippen LogP contribution < -0.4 is 5.32 Å². The zero-order chi connectivity index (χ0) is 10.4. The Labute approximate surface area is 97.8 Å². The molecule has 1 atom stereocenters. The first-order valence-corrected chi connectivity index (χ1v) is 5.29. The van der Waals surface area contributed by atoms with Crippen LogP contribution in [0.15, 0.2) is 0 Å². The second kappa shape index (κ2) is 7.91. The fourth-order valence-corrected chi connectivity index (χ4v) is 1.58. The summed E-state index contributed by atoms with van der Waals surface area (Å²) in [6, 6.07) is 0.204. The Hall–Kier alpha value is -0.320. The first-order chi connectivity index (χ1) is 6.74. The first kappa shape index (κ1) is 14.7. The van der Waals surface area contributed by atoms with E-state index in [0.717, 1.165) is 26.1 Å². The SMILES string of the molecule is CCCN(C)C(=O)CC1COCCN1.Cl. The maximum absolute atomic E-state index is 11.6. The highest BCUT2D eigenvalue weighted by Crippen LogP contribution is 2.01. The van der Waals surface area contributed by atoms with Crippen LogP contribution in [-0.2, 0) is 9.53 Å². The summed E-state index contributed by atoms with van der Waals surface area (Å²) >= 11 is 0. The van der Waals surface area contributed by atoms with Crippen LogP contribution in [0.3, 0.4) is 0 Å². The topological polar surface area (TPSA) is 41.6 Å². The van der Waals surface area contributed by atoms with Crippen molar-refractivity contribution in [3.63, 3.8) is 0 Å². The third-order valence-electron chi connectivity index (χ3n) is 2.40. The van der Waals surface area contributed by atoms with Crippen molar-refractivity contribution in [1.82, 2.24) is 10.2 Å². The van der Waals surface area contributed by atoms with Gasteiger partial charge in [0.25, 0.3) is 0 Å². The average molecular weight is 237 g/mol. The maximum atomic E-state index is 11.6. The Morgan fingerprint density at radius 3 is 2.87 bits per heavy atom. The van der Waals surface area contributed by atoms with Gasteiger partial charge in [0.1, 0.15) is 0 Å². The Bertz CT molecular complexity index is 184. The van der Waals surface area contributed by atoms with Crippen LogP contribution in [0.1, 0.15) is 19.8 Å². The van der Waals surface area contributed by atoms with Crippen LogP contribution in [0.5, 0.6) is 0 Å². The van der Waals surface area contributed by atoms with E-state index in [9.17, 15) is 4.79 Å². The number of nitrogens with zero attached hydrogens (tertiary/aromatic N) is 1. The summed E-state index contributed by atoms with van der Waals surface area (Å²) in [5, 5.41) is 3.27. The van der Waals surface area contributed by atoms with Gasteiger partial charge in [-0.1, -0.05) is 6.92 Å². The average Bonchev–Trinajstić information content (AvgIpc) is 2.19. The molecule has 0 radical (unpaired) electrons. The summed E-state index contributed by atoms with van der Waals surface area (Å²) in [5.41, 5.74) is 0. The highest BCUT2D eigenvalue weighted by atomic mass is 35.5. The lowest BCUT2D eigenvalue weighted by atomic mass is 10.2. The molecule has 1 amide bonds. The van der Waals surface area contributed by atoms with E-state index in [1.807, 2.05) is 7.05 Å². The largest absolute Gasteiger partial charge is 0.378 e. The first-order valence-electron chi connectivity index (χ1n) is 5.29. The number of hydrogen-bond acceptors (Lipinski definition) is 3. The van der Waals surface area contributed by atoms with Crippen LogP contribution >= 0.6 is 12.4 Å². The van der Waals surface area contributed by atoms with Crippen molar-refractivity contribution in [2.24, 2.45) is 0 Å². The minimum atomic E-state index is 0. The van der Waals surface area contributed by atoms with Crippen molar-refractivity contribution in [1.29, 1.82) is 0 Å². The molecule has 1 aliphatic heterocycles. The molecule has 15 heavy (non-hydrogen) atoms. The Balaban J connectivity index is 0.00000196. The summed E-state index contributed by atoms with van der Waals surface area (Å²) in [4.78, 5) is 13.4. The summed E-state index contributed by atoms with van der Waals surface area (Å²) in [5.74, 6) is 0.204. The van der Waals surface area contributed by atoms with Crippen molar-refractivity contribution in [3.8, 4) is 0 Å². The van der Waals surface area contributed by atoms with Crippen molar-refractivity contribution in [2.45, 2.75) is 25.8 Å². The fraction of sp³-hybridized carbons (Fsp3) is 0.900. The number of carbonyl (C=O) groups is 1. The fourth-order valence-electron chi connectivity index (χ4n) is 1.58. The van der Waals surface area contributed by atoms with Gasteiger partial charge in [0, 0.05) is 32.6 Å². The molecule has 1 N–H and O–H groups in total. The number of morpholine rings is 1. The van der Waals surface area contributed by atoms with Crippen molar-refractivity contribution >= 4 is 18.3 Å². The molecule has 0 saturated carbocycles. The van der Waals surface area contributed by atoms with Gasteiger partial charge in [-0.3, -0.25) is 4.79 Å². The molecular weight excluding hydrogens is 216 g/mol. The molecule has 1 aliphatic rings. The van der Waals surface area contributed by atoms with Crippen LogP contribution in [-0.4, -0.2) is 50.2 Å². The number of ether oxygens (including phenoxy) is 1. The molecule has 90 valence electrons. The normalized spacial score (nSPS) is 20.5. The number of rotatable bonds is 4. The number of amides is 1. The highest BCUT2D eigenvalue weighted by molar-refractivity contribution is 5.85. The molecule has 0 aromatic heterocycles. The molecule has 4 nitrogen and oxygen atoms in total. The van der Waals surface area contributed by atoms with Crippen LogP contribution in [0, 0.1) is 0 Å². The minimum Gasteiger partial charge on any atom is -0.378 e. The number of hydrogen-bond donors (Lipinski definition) is 1. The van der Waals surface area contributed by atoms with Gasteiger partial charge in [0.15, 0.2) is 0 Å². The standard InChI is InChI=1S/C10H20N2O2.ClH/c1-3-5-12(2)10(13)7-9-8-14-6-4-11-9;/h9,11H,3-8H2,1-2H3;1H. The Kier molecular flexibility index (Phi) is 7.74. The third-order valence-corrected chi connectivity index (χ3v) is 2.40. The van der Waals surface area contributed by atoms with E-state index in [1.165, 1.54) is 0 Å². The van der Waals surface area contributed by atoms with Crippen molar-refractivity contribution in [2.75, 3.05) is 33.4 Å². The smallest absolute Gasteiger partial charge is 0.223 e. The lowest BCUT2D eigenvalue weighted by Gasteiger charge is -2.25. The van der Waals surface area contributed by atoms with Crippen molar-refractivity contribution < 1.29 is 9.53 Å². The van der Waals surface area contributed by atoms with E-state index in [-0.39, 0.29) is 24.4 Å². The molecule has 1 fully saturated rings. The predicted molar refractivity (Wildman–Crippen MR) is 62.4 cm³/mol. The van der Waals surface area contributed by atoms with Gasteiger partial charge in [0.2, 0.25) is 5.91 Å². The molecule has 0 aliphatic carbocycles. The highest BCUT2D eigenvalue weighted by Gasteiger charge is 2.18. The summed E-state index contributed by atoms with van der Waals surface area (Å²) in [7, 11) is 1.86.